The summed E-state index contributed by atoms with van der Waals surface area (Å²) >= 11 is 0. The third-order valence-corrected chi connectivity index (χ3v) is 3.27. The van der Waals surface area contributed by atoms with Gasteiger partial charge in [-0.15, -0.1) is 0 Å². The number of aromatic nitrogens is 1. The van der Waals surface area contributed by atoms with Gasteiger partial charge < -0.3 is 10.1 Å². The Morgan fingerprint density at radius 3 is 2.81 bits per heavy atom. The molecule has 0 unspecified atom stereocenters. The summed E-state index contributed by atoms with van der Waals surface area (Å²) in [7, 11) is 0. The second-order valence-corrected chi connectivity index (χ2v) is 4.76. The second-order valence-electron chi connectivity index (χ2n) is 4.76. The van der Waals surface area contributed by atoms with Crippen LogP contribution in [0.1, 0.15) is 36.2 Å². The smallest absolute Gasteiger partial charge is 0.341 e. The van der Waals surface area contributed by atoms with Crippen molar-refractivity contribution in [2.45, 2.75) is 27.2 Å². The lowest BCUT2D eigenvalue weighted by molar-refractivity contribution is 0.0527. The van der Waals surface area contributed by atoms with E-state index in [2.05, 4.69) is 10.3 Å². The molecule has 2 aromatic rings. The van der Waals surface area contributed by atoms with E-state index in [4.69, 9.17) is 4.74 Å². The number of anilines is 1. The molecular formula is C16H19FN2O2. The normalized spacial score (nSPS) is 10.7. The van der Waals surface area contributed by atoms with E-state index in [1.807, 2.05) is 6.92 Å². The molecule has 0 aliphatic carbocycles. The van der Waals surface area contributed by atoms with Crippen LogP contribution in [0.3, 0.4) is 0 Å². The Morgan fingerprint density at radius 2 is 2.14 bits per heavy atom. The Labute approximate surface area is 123 Å². The van der Waals surface area contributed by atoms with Crippen molar-refractivity contribution in [3.8, 4) is 0 Å². The molecule has 0 saturated carbocycles. The summed E-state index contributed by atoms with van der Waals surface area (Å²) in [6.45, 7) is 6.48. The number of esters is 1. The SMILES string of the molecule is CCCNc1c(C(=O)OCC)cnc2c(C)c(F)ccc12. The first kappa shape index (κ1) is 15.2. The molecule has 1 heterocycles. The van der Waals surface area contributed by atoms with Gasteiger partial charge in [0.25, 0.3) is 0 Å². The standard InChI is InChI=1S/C16H19FN2O2/c1-4-8-18-15-11-6-7-13(17)10(3)14(11)19-9-12(15)16(20)21-5-2/h6-7,9H,4-5,8H2,1-3H3,(H,18,19). The average molecular weight is 290 g/mol. The minimum atomic E-state index is -0.424. The number of benzene rings is 1. The van der Waals surface area contributed by atoms with Crippen molar-refractivity contribution in [3.63, 3.8) is 0 Å². The Bertz CT molecular complexity index is 671. The van der Waals surface area contributed by atoms with E-state index in [1.54, 1.807) is 19.9 Å². The number of carbonyl (C=O) groups excluding carboxylic acids is 1. The lowest BCUT2D eigenvalue weighted by atomic mass is 10.1. The van der Waals surface area contributed by atoms with Crippen LogP contribution in [0.4, 0.5) is 10.1 Å². The third kappa shape index (κ3) is 2.96. The van der Waals surface area contributed by atoms with E-state index in [9.17, 15) is 9.18 Å². The summed E-state index contributed by atoms with van der Waals surface area (Å²) in [4.78, 5) is 16.3. The first-order valence-corrected chi connectivity index (χ1v) is 7.08. The van der Waals surface area contributed by atoms with E-state index in [-0.39, 0.29) is 5.82 Å². The number of pyridine rings is 1. The molecule has 1 aromatic carbocycles. The van der Waals surface area contributed by atoms with E-state index >= 15 is 0 Å². The number of carbonyl (C=O) groups is 1. The molecular weight excluding hydrogens is 271 g/mol. The summed E-state index contributed by atoms with van der Waals surface area (Å²) in [5, 5.41) is 3.96. The summed E-state index contributed by atoms with van der Waals surface area (Å²) in [6, 6.07) is 3.04. The van der Waals surface area contributed by atoms with Crippen LogP contribution in [0.15, 0.2) is 18.3 Å². The van der Waals surface area contributed by atoms with Crippen LogP contribution in [-0.2, 0) is 4.74 Å². The quantitative estimate of drug-likeness (QED) is 0.853. The molecule has 4 nitrogen and oxygen atoms in total. The molecule has 0 spiro atoms. The summed E-state index contributed by atoms with van der Waals surface area (Å²) in [5.74, 6) is -0.729. The maximum Gasteiger partial charge on any atom is 0.341 e. The van der Waals surface area contributed by atoms with Crippen LogP contribution < -0.4 is 5.32 Å². The van der Waals surface area contributed by atoms with Crippen LogP contribution in [0.2, 0.25) is 0 Å². The number of rotatable bonds is 5. The van der Waals surface area contributed by atoms with Gasteiger partial charge in [0.1, 0.15) is 11.4 Å². The zero-order valence-corrected chi connectivity index (χ0v) is 12.5. The van der Waals surface area contributed by atoms with Gasteiger partial charge in [0.2, 0.25) is 0 Å². The number of aryl methyl sites for hydroxylation is 1. The first-order chi connectivity index (χ1) is 10.1. The Kier molecular flexibility index (Phi) is 4.73. The molecule has 0 aliphatic heterocycles. The van der Waals surface area contributed by atoms with Crippen molar-refractivity contribution in [3.05, 3.63) is 35.3 Å². The molecule has 0 fully saturated rings. The minimum absolute atomic E-state index is 0.298. The van der Waals surface area contributed by atoms with Crippen molar-refractivity contribution < 1.29 is 13.9 Å². The molecule has 0 atom stereocenters. The van der Waals surface area contributed by atoms with Gasteiger partial charge in [-0.1, -0.05) is 6.92 Å². The average Bonchev–Trinajstić information content (AvgIpc) is 2.48. The largest absolute Gasteiger partial charge is 0.462 e. The summed E-state index contributed by atoms with van der Waals surface area (Å²) < 4.78 is 18.7. The molecule has 21 heavy (non-hydrogen) atoms. The van der Waals surface area contributed by atoms with Crippen molar-refractivity contribution in [2.75, 3.05) is 18.5 Å². The fourth-order valence-electron chi connectivity index (χ4n) is 2.19. The lowest BCUT2D eigenvalue weighted by Crippen LogP contribution is -2.12. The number of nitrogens with zero attached hydrogens (tertiary/aromatic N) is 1. The maximum absolute atomic E-state index is 13.7. The highest BCUT2D eigenvalue weighted by Gasteiger charge is 2.18. The van der Waals surface area contributed by atoms with E-state index < -0.39 is 5.97 Å². The molecule has 0 radical (unpaired) electrons. The predicted octanol–water partition coefficient (Wildman–Crippen LogP) is 3.68. The highest BCUT2D eigenvalue weighted by molar-refractivity contribution is 6.05. The van der Waals surface area contributed by atoms with Crippen LogP contribution in [0, 0.1) is 12.7 Å². The summed E-state index contributed by atoms with van der Waals surface area (Å²) in [5.41, 5.74) is 2.07. The zero-order valence-electron chi connectivity index (χ0n) is 12.5. The molecule has 0 amide bonds. The van der Waals surface area contributed by atoms with Crippen LogP contribution in [0.25, 0.3) is 10.9 Å². The highest BCUT2D eigenvalue weighted by atomic mass is 19.1. The van der Waals surface area contributed by atoms with Crippen molar-refractivity contribution in [2.24, 2.45) is 0 Å². The number of hydrogen-bond donors (Lipinski definition) is 1. The number of nitrogens with one attached hydrogen (secondary N) is 1. The van der Waals surface area contributed by atoms with Crippen LogP contribution in [-0.4, -0.2) is 24.1 Å². The fourth-order valence-corrected chi connectivity index (χ4v) is 2.19. The Hall–Kier alpha value is -2.17. The van der Waals surface area contributed by atoms with Gasteiger partial charge in [-0.25, -0.2) is 9.18 Å². The monoisotopic (exact) mass is 290 g/mol. The lowest BCUT2D eigenvalue weighted by Gasteiger charge is -2.14. The number of halogens is 1. The van der Waals surface area contributed by atoms with Gasteiger partial charge >= 0.3 is 5.97 Å². The van der Waals surface area contributed by atoms with Crippen LogP contribution >= 0.6 is 0 Å². The highest BCUT2D eigenvalue weighted by Crippen LogP contribution is 2.29. The molecule has 0 aliphatic rings. The van der Waals surface area contributed by atoms with Gasteiger partial charge in [-0.2, -0.15) is 0 Å². The van der Waals surface area contributed by atoms with Gasteiger partial charge in [0.05, 0.1) is 17.8 Å². The fraction of sp³-hybridized carbons (Fsp3) is 0.375. The first-order valence-electron chi connectivity index (χ1n) is 7.08. The predicted molar refractivity (Wildman–Crippen MR) is 81.2 cm³/mol. The second kappa shape index (κ2) is 6.52. The molecule has 0 bridgehead atoms. The molecule has 1 aromatic heterocycles. The molecule has 0 saturated heterocycles. The van der Waals surface area contributed by atoms with Gasteiger partial charge in [-0.05, 0) is 32.4 Å². The van der Waals surface area contributed by atoms with E-state index in [0.29, 0.717) is 35.5 Å². The van der Waals surface area contributed by atoms with Crippen molar-refractivity contribution in [1.29, 1.82) is 0 Å². The van der Waals surface area contributed by atoms with E-state index in [1.165, 1.54) is 12.3 Å². The number of ether oxygens (including phenoxy) is 1. The molecule has 5 heteroatoms. The van der Waals surface area contributed by atoms with E-state index in [0.717, 1.165) is 11.8 Å². The molecule has 2 rings (SSSR count). The van der Waals surface area contributed by atoms with Crippen molar-refractivity contribution in [1.82, 2.24) is 4.98 Å². The topological polar surface area (TPSA) is 51.2 Å². The molecule has 112 valence electrons. The Balaban J connectivity index is 2.64. The van der Waals surface area contributed by atoms with Gasteiger partial charge in [-0.3, -0.25) is 4.98 Å². The van der Waals surface area contributed by atoms with Crippen LogP contribution in [0.5, 0.6) is 0 Å². The number of fused-ring (bicyclic) bond motifs is 1. The van der Waals surface area contributed by atoms with Crippen molar-refractivity contribution >= 4 is 22.6 Å². The number of hydrogen-bond acceptors (Lipinski definition) is 4. The maximum atomic E-state index is 13.7. The third-order valence-electron chi connectivity index (χ3n) is 3.27. The zero-order chi connectivity index (χ0) is 15.4. The van der Waals surface area contributed by atoms with Gasteiger partial charge in [0, 0.05) is 23.7 Å². The Morgan fingerprint density at radius 1 is 1.38 bits per heavy atom. The van der Waals surface area contributed by atoms with Gasteiger partial charge in [0.15, 0.2) is 0 Å². The summed E-state index contributed by atoms with van der Waals surface area (Å²) in [6.07, 6.45) is 2.36. The minimum Gasteiger partial charge on any atom is -0.462 e. The molecule has 1 N–H and O–H groups in total.